The second-order valence-electron chi connectivity index (χ2n) is 6.11. The van der Waals surface area contributed by atoms with E-state index >= 15 is 0 Å². The molecule has 1 atom stereocenters. The number of hydrogen-bond acceptors (Lipinski definition) is 1. The van der Waals surface area contributed by atoms with E-state index in [2.05, 4.69) is 31.3 Å². The zero-order valence-electron chi connectivity index (χ0n) is 14.0. The van der Waals surface area contributed by atoms with Crippen molar-refractivity contribution in [3.8, 4) is 0 Å². The molecule has 1 rings (SSSR count). The van der Waals surface area contributed by atoms with Gasteiger partial charge in [-0.2, -0.15) is 0 Å². The number of amides is 1. The number of hydrogen-bond donors (Lipinski definition) is 1. The second-order valence-corrected chi connectivity index (χ2v) is 6.11. The van der Waals surface area contributed by atoms with E-state index in [1.54, 1.807) is 0 Å². The SMILES string of the molecule is CCCCCCCCCC(C)c1ccc(NC(C)=O)cc1. The van der Waals surface area contributed by atoms with E-state index < -0.39 is 0 Å². The largest absolute Gasteiger partial charge is 0.326 e. The second kappa shape index (κ2) is 10.4. The van der Waals surface area contributed by atoms with Crippen LogP contribution in [-0.4, -0.2) is 5.91 Å². The summed E-state index contributed by atoms with van der Waals surface area (Å²) in [6, 6.07) is 8.27. The maximum atomic E-state index is 11.0. The maximum absolute atomic E-state index is 11.0. The Morgan fingerprint density at radius 3 is 2.14 bits per heavy atom. The summed E-state index contributed by atoms with van der Waals surface area (Å²) in [6.07, 6.45) is 10.8. The Labute approximate surface area is 130 Å². The Kier molecular flexibility index (Phi) is 8.80. The van der Waals surface area contributed by atoms with Gasteiger partial charge < -0.3 is 5.32 Å². The fraction of sp³-hybridized carbons (Fsp3) is 0.632. The van der Waals surface area contributed by atoms with Crippen molar-refractivity contribution in [1.82, 2.24) is 0 Å². The predicted octanol–water partition coefficient (Wildman–Crippen LogP) is 5.89. The van der Waals surface area contributed by atoms with Crippen molar-refractivity contribution in [2.24, 2.45) is 0 Å². The normalized spacial score (nSPS) is 12.1. The van der Waals surface area contributed by atoms with E-state index in [0.717, 1.165) is 5.69 Å². The van der Waals surface area contributed by atoms with Crippen molar-refractivity contribution in [2.75, 3.05) is 5.32 Å². The lowest BCUT2D eigenvalue weighted by Crippen LogP contribution is -2.05. The van der Waals surface area contributed by atoms with Crippen LogP contribution < -0.4 is 5.32 Å². The van der Waals surface area contributed by atoms with Crippen molar-refractivity contribution in [1.29, 1.82) is 0 Å². The van der Waals surface area contributed by atoms with E-state index in [1.165, 1.54) is 63.9 Å². The van der Waals surface area contributed by atoms with Gasteiger partial charge in [-0.1, -0.05) is 70.9 Å². The molecule has 1 aromatic carbocycles. The summed E-state index contributed by atoms with van der Waals surface area (Å²) in [5, 5.41) is 2.81. The Balaban J connectivity index is 2.22. The molecular weight excluding hydrogens is 258 g/mol. The molecule has 0 bridgehead atoms. The highest BCUT2D eigenvalue weighted by Crippen LogP contribution is 2.23. The van der Waals surface area contributed by atoms with E-state index in [9.17, 15) is 4.79 Å². The van der Waals surface area contributed by atoms with Gasteiger partial charge in [0.2, 0.25) is 5.91 Å². The molecule has 1 N–H and O–H groups in total. The molecule has 0 aliphatic carbocycles. The third-order valence-electron chi connectivity index (χ3n) is 4.04. The summed E-state index contributed by atoms with van der Waals surface area (Å²) in [6.45, 7) is 6.10. The van der Waals surface area contributed by atoms with Crippen molar-refractivity contribution in [2.45, 2.75) is 78.1 Å². The predicted molar refractivity (Wildman–Crippen MR) is 91.8 cm³/mol. The van der Waals surface area contributed by atoms with Crippen LogP contribution in [0.1, 0.15) is 83.6 Å². The number of carbonyl (C=O) groups is 1. The van der Waals surface area contributed by atoms with Gasteiger partial charge in [-0.25, -0.2) is 0 Å². The number of unbranched alkanes of at least 4 members (excludes halogenated alkanes) is 6. The lowest BCUT2D eigenvalue weighted by atomic mass is 9.94. The van der Waals surface area contributed by atoms with Crippen LogP contribution in [0.5, 0.6) is 0 Å². The summed E-state index contributed by atoms with van der Waals surface area (Å²) in [7, 11) is 0. The number of nitrogens with one attached hydrogen (secondary N) is 1. The average molecular weight is 289 g/mol. The van der Waals surface area contributed by atoms with Crippen LogP contribution in [0.25, 0.3) is 0 Å². The van der Waals surface area contributed by atoms with Gasteiger partial charge in [0.1, 0.15) is 0 Å². The fourth-order valence-corrected chi connectivity index (χ4v) is 2.67. The van der Waals surface area contributed by atoms with Crippen LogP contribution in [0, 0.1) is 0 Å². The van der Waals surface area contributed by atoms with Gasteiger partial charge in [0, 0.05) is 12.6 Å². The highest BCUT2D eigenvalue weighted by atomic mass is 16.1. The smallest absolute Gasteiger partial charge is 0.221 e. The molecule has 0 saturated heterocycles. The van der Waals surface area contributed by atoms with Gasteiger partial charge in [-0.05, 0) is 30.0 Å². The molecule has 0 spiro atoms. The van der Waals surface area contributed by atoms with Crippen molar-refractivity contribution >= 4 is 11.6 Å². The van der Waals surface area contributed by atoms with Gasteiger partial charge in [0.25, 0.3) is 0 Å². The summed E-state index contributed by atoms with van der Waals surface area (Å²) < 4.78 is 0. The van der Waals surface area contributed by atoms with E-state index in [0.29, 0.717) is 5.92 Å². The van der Waals surface area contributed by atoms with Gasteiger partial charge in [0.05, 0.1) is 0 Å². The number of rotatable bonds is 10. The molecule has 0 heterocycles. The van der Waals surface area contributed by atoms with E-state index in [4.69, 9.17) is 0 Å². The zero-order chi connectivity index (χ0) is 15.5. The van der Waals surface area contributed by atoms with Crippen LogP contribution in [0.4, 0.5) is 5.69 Å². The fourth-order valence-electron chi connectivity index (χ4n) is 2.67. The minimum absolute atomic E-state index is 0.0149. The van der Waals surface area contributed by atoms with Gasteiger partial charge in [-0.3, -0.25) is 4.79 Å². The van der Waals surface area contributed by atoms with Crippen LogP contribution in [0.2, 0.25) is 0 Å². The molecule has 2 nitrogen and oxygen atoms in total. The van der Waals surface area contributed by atoms with Crippen molar-refractivity contribution in [3.05, 3.63) is 29.8 Å². The molecule has 21 heavy (non-hydrogen) atoms. The maximum Gasteiger partial charge on any atom is 0.221 e. The molecule has 0 fully saturated rings. The summed E-state index contributed by atoms with van der Waals surface area (Å²) in [4.78, 5) is 11.0. The summed E-state index contributed by atoms with van der Waals surface area (Å²) >= 11 is 0. The lowest BCUT2D eigenvalue weighted by Gasteiger charge is -2.12. The first-order valence-electron chi connectivity index (χ1n) is 8.51. The highest BCUT2D eigenvalue weighted by molar-refractivity contribution is 5.88. The molecule has 0 saturated carbocycles. The molecule has 0 radical (unpaired) electrons. The van der Waals surface area contributed by atoms with Crippen LogP contribution in [0.15, 0.2) is 24.3 Å². The quantitative estimate of drug-likeness (QED) is 0.535. The number of anilines is 1. The van der Waals surface area contributed by atoms with Crippen molar-refractivity contribution in [3.63, 3.8) is 0 Å². The Morgan fingerprint density at radius 1 is 1.00 bits per heavy atom. The standard InChI is InChI=1S/C19H31NO/c1-4-5-6-7-8-9-10-11-16(2)18-12-14-19(15-13-18)20-17(3)21/h12-16H,4-11H2,1-3H3,(H,20,21). The average Bonchev–Trinajstić information content (AvgIpc) is 2.46. The zero-order valence-corrected chi connectivity index (χ0v) is 14.0. The molecule has 1 unspecified atom stereocenters. The van der Waals surface area contributed by atoms with Gasteiger partial charge in [-0.15, -0.1) is 0 Å². The molecule has 2 heteroatoms. The molecule has 1 aromatic rings. The topological polar surface area (TPSA) is 29.1 Å². The van der Waals surface area contributed by atoms with Crippen molar-refractivity contribution < 1.29 is 4.79 Å². The van der Waals surface area contributed by atoms with Crippen LogP contribution in [-0.2, 0) is 4.79 Å². The molecule has 0 aromatic heterocycles. The molecule has 1 amide bonds. The van der Waals surface area contributed by atoms with Gasteiger partial charge in [0.15, 0.2) is 0 Å². The monoisotopic (exact) mass is 289 g/mol. The summed E-state index contributed by atoms with van der Waals surface area (Å²) in [5.74, 6) is 0.589. The first-order chi connectivity index (χ1) is 10.1. The highest BCUT2D eigenvalue weighted by Gasteiger charge is 2.05. The van der Waals surface area contributed by atoms with Crippen LogP contribution in [0.3, 0.4) is 0 Å². The first kappa shape index (κ1) is 17.7. The molecule has 118 valence electrons. The minimum Gasteiger partial charge on any atom is -0.326 e. The first-order valence-corrected chi connectivity index (χ1v) is 8.51. The Hall–Kier alpha value is -1.31. The lowest BCUT2D eigenvalue weighted by molar-refractivity contribution is -0.114. The Bertz CT molecular complexity index is 397. The molecular formula is C19H31NO. The number of benzene rings is 1. The van der Waals surface area contributed by atoms with Gasteiger partial charge >= 0.3 is 0 Å². The molecule has 0 aliphatic heterocycles. The third kappa shape index (κ3) is 7.89. The molecule has 0 aliphatic rings. The van der Waals surface area contributed by atoms with Crippen LogP contribution >= 0.6 is 0 Å². The minimum atomic E-state index is -0.0149. The Morgan fingerprint density at radius 2 is 1.57 bits per heavy atom. The van der Waals surface area contributed by atoms with E-state index in [-0.39, 0.29) is 5.91 Å². The third-order valence-corrected chi connectivity index (χ3v) is 4.04. The van der Waals surface area contributed by atoms with E-state index in [1.807, 2.05) is 12.1 Å². The number of carbonyl (C=O) groups excluding carboxylic acids is 1. The summed E-state index contributed by atoms with van der Waals surface area (Å²) in [5.41, 5.74) is 2.25.